The van der Waals surface area contributed by atoms with Gasteiger partial charge in [-0.2, -0.15) is 0 Å². The SMILES string of the molecule is CCCN(CCC)C(=O)c1cccc(C(=O)NCCCNC)c1.Cl. The van der Waals surface area contributed by atoms with Crippen molar-refractivity contribution in [1.29, 1.82) is 0 Å². The van der Waals surface area contributed by atoms with E-state index in [9.17, 15) is 9.59 Å². The molecule has 0 aliphatic rings. The van der Waals surface area contributed by atoms with Gasteiger partial charge < -0.3 is 15.5 Å². The second-order valence-corrected chi connectivity index (χ2v) is 5.59. The highest BCUT2D eigenvalue weighted by atomic mass is 35.5. The molecule has 1 rings (SSSR count). The van der Waals surface area contributed by atoms with Crippen molar-refractivity contribution >= 4 is 24.2 Å². The van der Waals surface area contributed by atoms with E-state index in [0.717, 1.165) is 38.9 Å². The minimum absolute atomic E-state index is 0. The Bertz CT molecular complexity index is 503. The van der Waals surface area contributed by atoms with Gasteiger partial charge in [-0.3, -0.25) is 9.59 Å². The summed E-state index contributed by atoms with van der Waals surface area (Å²) in [6, 6.07) is 6.98. The molecule has 136 valence electrons. The molecular formula is C18H30ClN3O2. The Morgan fingerprint density at radius 3 is 2.25 bits per heavy atom. The predicted octanol–water partition coefficient (Wildman–Crippen LogP) is 2.71. The zero-order valence-electron chi connectivity index (χ0n) is 14.9. The van der Waals surface area contributed by atoms with Gasteiger partial charge in [-0.1, -0.05) is 19.9 Å². The van der Waals surface area contributed by atoms with Gasteiger partial charge in [-0.15, -0.1) is 12.4 Å². The zero-order valence-corrected chi connectivity index (χ0v) is 15.7. The molecule has 6 heteroatoms. The highest BCUT2D eigenvalue weighted by Crippen LogP contribution is 2.10. The smallest absolute Gasteiger partial charge is 0.253 e. The van der Waals surface area contributed by atoms with Crippen molar-refractivity contribution in [2.24, 2.45) is 0 Å². The molecule has 0 aromatic heterocycles. The van der Waals surface area contributed by atoms with E-state index in [2.05, 4.69) is 24.5 Å². The van der Waals surface area contributed by atoms with Gasteiger partial charge >= 0.3 is 0 Å². The topological polar surface area (TPSA) is 61.4 Å². The summed E-state index contributed by atoms with van der Waals surface area (Å²) in [4.78, 5) is 26.6. The molecule has 0 spiro atoms. The standard InChI is InChI=1S/C18H29N3O2.ClH/c1-4-12-21(13-5-2)18(23)16-9-6-8-15(14-16)17(22)20-11-7-10-19-3;/h6,8-9,14,19H,4-5,7,10-13H2,1-3H3,(H,20,22);1H. The average Bonchev–Trinajstić information content (AvgIpc) is 2.58. The van der Waals surface area contributed by atoms with E-state index in [1.807, 2.05) is 11.9 Å². The second kappa shape index (κ2) is 12.8. The van der Waals surface area contributed by atoms with E-state index in [0.29, 0.717) is 17.7 Å². The fourth-order valence-electron chi connectivity index (χ4n) is 2.40. The fraction of sp³-hybridized carbons (Fsp3) is 0.556. The molecule has 24 heavy (non-hydrogen) atoms. The molecule has 0 radical (unpaired) electrons. The normalized spacial score (nSPS) is 9.96. The lowest BCUT2D eigenvalue weighted by Crippen LogP contribution is -2.33. The number of rotatable bonds is 10. The molecule has 5 nitrogen and oxygen atoms in total. The molecular weight excluding hydrogens is 326 g/mol. The molecule has 0 atom stereocenters. The van der Waals surface area contributed by atoms with Crippen LogP contribution in [-0.4, -0.2) is 49.9 Å². The van der Waals surface area contributed by atoms with Crippen molar-refractivity contribution in [1.82, 2.24) is 15.5 Å². The lowest BCUT2D eigenvalue weighted by atomic mass is 10.1. The zero-order chi connectivity index (χ0) is 17.1. The summed E-state index contributed by atoms with van der Waals surface area (Å²) in [5, 5.41) is 5.92. The third kappa shape index (κ3) is 7.32. The van der Waals surface area contributed by atoms with E-state index in [1.54, 1.807) is 24.3 Å². The van der Waals surface area contributed by atoms with Crippen LogP contribution in [0.2, 0.25) is 0 Å². The Kier molecular flexibility index (Phi) is 11.9. The summed E-state index contributed by atoms with van der Waals surface area (Å²) in [5.74, 6) is -0.133. The summed E-state index contributed by atoms with van der Waals surface area (Å²) in [5.41, 5.74) is 1.11. The first-order valence-electron chi connectivity index (χ1n) is 8.46. The van der Waals surface area contributed by atoms with Crippen LogP contribution in [0, 0.1) is 0 Å². The molecule has 2 N–H and O–H groups in total. The number of carbonyl (C=O) groups excluding carboxylic acids is 2. The largest absolute Gasteiger partial charge is 0.352 e. The minimum Gasteiger partial charge on any atom is -0.352 e. The van der Waals surface area contributed by atoms with Crippen LogP contribution in [0.25, 0.3) is 0 Å². The molecule has 2 amide bonds. The van der Waals surface area contributed by atoms with Crippen molar-refractivity contribution in [3.05, 3.63) is 35.4 Å². The lowest BCUT2D eigenvalue weighted by Gasteiger charge is -2.21. The molecule has 0 saturated carbocycles. The van der Waals surface area contributed by atoms with Crippen LogP contribution in [-0.2, 0) is 0 Å². The number of benzene rings is 1. The molecule has 0 unspecified atom stereocenters. The summed E-state index contributed by atoms with van der Waals surface area (Å²) in [7, 11) is 1.88. The van der Waals surface area contributed by atoms with Crippen LogP contribution in [0.15, 0.2) is 24.3 Å². The Balaban J connectivity index is 0.00000529. The van der Waals surface area contributed by atoms with Crippen molar-refractivity contribution in [2.75, 3.05) is 33.2 Å². The molecule has 1 aromatic carbocycles. The van der Waals surface area contributed by atoms with Crippen LogP contribution in [0.3, 0.4) is 0 Å². The summed E-state index contributed by atoms with van der Waals surface area (Å²) < 4.78 is 0. The molecule has 0 aliphatic heterocycles. The summed E-state index contributed by atoms with van der Waals surface area (Å²) in [6.45, 7) is 7.09. The Morgan fingerprint density at radius 2 is 1.67 bits per heavy atom. The molecule has 0 heterocycles. The van der Waals surface area contributed by atoms with Crippen LogP contribution in [0.5, 0.6) is 0 Å². The van der Waals surface area contributed by atoms with Crippen molar-refractivity contribution in [3.63, 3.8) is 0 Å². The molecule has 1 aromatic rings. The van der Waals surface area contributed by atoms with Gasteiger partial charge in [0.05, 0.1) is 0 Å². The highest BCUT2D eigenvalue weighted by molar-refractivity contribution is 5.99. The van der Waals surface area contributed by atoms with Gasteiger partial charge in [0, 0.05) is 30.8 Å². The number of carbonyl (C=O) groups is 2. The maximum absolute atomic E-state index is 12.6. The first kappa shape index (κ1) is 22.4. The predicted molar refractivity (Wildman–Crippen MR) is 101 cm³/mol. The van der Waals surface area contributed by atoms with Crippen LogP contribution in [0.1, 0.15) is 53.8 Å². The van der Waals surface area contributed by atoms with Crippen LogP contribution < -0.4 is 10.6 Å². The minimum atomic E-state index is -0.131. The molecule has 0 fully saturated rings. The third-order valence-corrected chi connectivity index (χ3v) is 3.54. The first-order valence-corrected chi connectivity index (χ1v) is 8.46. The highest BCUT2D eigenvalue weighted by Gasteiger charge is 2.15. The maximum atomic E-state index is 12.6. The van der Waals surface area contributed by atoms with E-state index in [1.165, 1.54) is 0 Å². The van der Waals surface area contributed by atoms with E-state index < -0.39 is 0 Å². The Morgan fingerprint density at radius 1 is 1.04 bits per heavy atom. The van der Waals surface area contributed by atoms with Gasteiger partial charge in [-0.05, 0) is 51.1 Å². The number of hydrogen-bond acceptors (Lipinski definition) is 3. The number of amides is 2. The van der Waals surface area contributed by atoms with Crippen molar-refractivity contribution < 1.29 is 9.59 Å². The monoisotopic (exact) mass is 355 g/mol. The first-order chi connectivity index (χ1) is 11.1. The van der Waals surface area contributed by atoms with Gasteiger partial charge in [0.2, 0.25) is 0 Å². The van der Waals surface area contributed by atoms with Gasteiger partial charge in [-0.25, -0.2) is 0 Å². The van der Waals surface area contributed by atoms with Gasteiger partial charge in [0.15, 0.2) is 0 Å². The quantitative estimate of drug-likeness (QED) is 0.634. The number of hydrogen-bond donors (Lipinski definition) is 2. The molecule has 0 bridgehead atoms. The maximum Gasteiger partial charge on any atom is 0.253 e. The fourth-order valence-corrected chi connectivity index (χ4v) is 2.40. The second-order valence-electron chi connectivity index (χ2n) is 5.59. The number of nitrogens with one attached hydrogen (secondary N) is 2. The third-order valence-electron chi connectivity index (χ3n) is 3.54. The average molecular weight is 356 g/mol. The molecule has 0 saturated heterocycles. The summed E-state index contributed by atoms with van der Waals surface area (Å²) >= 11 is 0. The Labute approximate surface area is 151 Å². The van der Waals surface area contributed by atoms with Gasteiger partial charge in [0.25, 0.3) is 11.8 Å². The Hall–Kier alpha value is -1.59. The van der Waals surface area contributed by atoms with Crippen LogP contribution >= 0.6 is 12.4 Å². The van der Waals surface area contributed by atoms with Crippen molar-refractivity contribution in [3.8, 4) is 0 Å². The number of halogens is 1. The van der Waals surface area contributed by atoms with E-state index in [4.69, 9.17) is 0 Å². The molecule has 0 aliphatic carbocycles. The lowest BCUT2D eigenvalue weighted by molar-refractivity contribution is 0.0755. The number of nitrogens with zero attached hydrogens (tertiary/aromatic N) is 1. The van der Waals surface area contributed by atoms with E-state index >= 15 is 0 Å². The van der Waals surface area contributed by atoms with Crippen LogP contribution in [0.4, 0.5) is 0 Å². The van der Waals surface area contributed by atoms with Gasteiger partial charge in [0.1, 0.15) is 0 Å². The van der Waals surface area contributed by atoms with Crippen molar-refractivity contribution in [2.45, 2.75) is 33.1 Å². The van der Waals surface area contributed by atoms with E-state index in [-0.39, 0.29) is 24.2 Å². The summed E-state index contributed by atoms with van der Waals surface area (Å²) in [6.07, 6.45) is 2.73.